The molecule has 24 heavy (non-hydrogen) atoms. The number of rotatable bonds is 8. The number of nitrogens with one attached hydrogen (secondary N) is 1. The molecule has 1 atom stereocenters. The van der Waals surface area contributed by atoms with Gasteiger partial charge in [-0.2, -0.15) is 0 Å². The number of aromatic nitrogens is 2. The highest BCUT2D eigenvalue weighted by molar-refractivity contribution is 5.83. The highest BCUT2D eigenvalue weighted by atomic mass is 16.4. The van der Waals surface area contributed by atoms with Gasteiger partial charge in [0.05, 0.1) is 12.0 Å². The maximum Gasteiger partial charge on any atom is 0.328 e. The van der Waals surface area contributed by atoms with Gasteiger partial charge in [0, 0.05) is 19.0 Å². The fourth-order valence-electron chi connectivity index (χ4n) is 2.31. The molecular weight excluding hydrogens is 312 g/mol. The van der Waals surface area contributed by atoms with Crippen LogP contribution in [0.3, 0.4) is 0 Å². The van der Waals surface area contributed by atoms with Gasteiger partial charge in [0.15, 0.2) is 6.04 Å². The van der Waals surface area contributed by atoms with Crippen molar-refractivity contribution >= 4 is 11.9 Å². The number of phenols is 1. The number of carboxylic acids is 1. The third-order valence-electron chi connectivity index (χ3n) is 3.66. The van der Waals surface area contributed by atoms with E-state index in [1.165, 1.54) is 6.33 Å². The number of aromatic hydroxyl groups is 1. The van der Waals surface area contributed by atoms with E-state index in [1.54, 1.807) is 30.5 Å². The first-order chi connectivity index (χ1) is 11.5. The number of hydrogen-bond acceptors (Lipinski definition) is 5. The van der Waals surface area contributed by atoms with Crippen LogP contribution in [-0.4, -0.2) is 43.1 Å². The second kappa shape index (κ2) is 8.11. The van der Waals surface area contributed by atoms with Crippen molar-refractivity contribution in [2.45, 2.75) is 31.7 Å². The molecule has 1 heterocycles. The number of nitrogens with zero attached hydrogens (tertiary/aromatic N) is 2. The van der Waals surface area contributed by atoms with Crippen molar-refractivity contribution in [3.63, 3.8) is 0 Å². The predicted molar refractivity (Wildman–Crippen MR) is 85.8 cm³/mol. The summed E-state index contributed by atoms with van der Waals surface area (Å²) in [5.74, 6) is 4.29. The number of carbonyl (C=O) groups is 2. The molecule has 0 spiro atoms. The number of phenolic OH excluding ortho intramolecular Hbond substituents is 1. The minimum Gasteiger partial charge on any atom is -0.508 e. The standard InChI is InChI=1S/C16H20N4O4/c17-20(14(16(23)24)8-12-9-18-10-19-12)15(22)3-1-2-11-4-6-13(21)7-5-11/h4-7,9-10,14,21H,1-3,8,17H2,(H,18,19)(H,23,24)/t14-/m1/s1. The van der Waals surface area contributed by atoms with Crippen molar-refractivity contribution < 1.29 is 19.8 Å². The molecule has 0 fully saturated rings. The molecule has 5 N–H and O–H groups in total. The van der Waals surface area contributed by atoms with Crippen molar-refractivity contribution in [2.75, 3.05) is 0 Å². The summed E-state index contributed by atoms with van der Waals surface area (Å²) in [6.07, 6.45) is 4.36. The van der Waals surface area contributed by atoms with Crippen LogP contribution in [0.4, 0.5) is 0 Å². The third kappa shape index (κ3) is 4.82. The Morgan fingerprint density at radius 2 is 2.00 bits per heavy atom. The van der Waals surface area contributed by atoms with E-state index in [0.29, 0.717) is 18.5 Å². The van der Waals surface area contributed by atoms with Crippen molar-refractivity contribution in [2.24, 2.45) is 5.84 Å². The number of carbonyl (C=O) groups excluding carboxylic acids is 1. The number of hydrogen-bond donors (Lipinski definition) is 4. The summed E-state index contributed by atoms with van der Waals surface area (Å²) in [6.45, 7) is 0. The average Bonchev–Trinajstić information content (AvgIpc) is 3.06. The van der Waals surface area contributed by atoms with Crippen molar-refractivity contribution in [1.29, 1.82) is 0 Å². The van der Waals surface area contributed by atoms with Gasteiger partial charge >= 0.3 is 5.97 Å². The van der Waals surface area contributed by atoms with E-state index < -0.39 is 17.9 Å². The fourth-order valence-corrected chi connectivity index (χ4v) is 2.31. The molecule has 1 aromatic carbocycles. The maximum atomic E-state index is 12.1. The largest absolute Gasteiger partial charge is 0.508 e. The summed E-state index contributed by atoms with van der Waals surface area (Å²) in [4.78, 5) is 30.2. The molecule has 0 aliphatic heterocycles. The van der Waals surface area contributed by atoms with Crippen LogP contribution in [0.15, 0.2) is 36.8 Å². The third-order valence-corrected chi connectivity index (χ3v) is 3.66. The number of hydrazine groups is 1. The van der Waals surface area contributed by atoms with Gasteiger partial charge in [0.2, 0.25) is 5.91 Å². The van der Waals surface area contributed by atoms with Gasteiger partial charge in [-0.1, -0.05) is 12.1 Å². The normalized spacial score (nSPS) is 11.9. The van der Waals surface area contributed by atoms with E-state index in [1.807, 2.05) is 0 Å². The second-order valence-electron chi connectivity index (χ2n) is 5.44. The molecule has 0 aliphatic carbocycles. The summed E-state index contributed by atoms with van der Waals surface area (Å²) in [5.41, 5.74) is 1.50. The lowest BCUT2D eigenvalue weighted by molar-refractivity contribution is -0.150. The number of benzene rings is 1. The van der Waals surface area contributed by atoms with E-state index in [-0.39, 0.29) is 18.6 Å². The monoisotopic (exact) mass is 332 g/mol. The van der Waals surface area contributed by atoms with Crippen molar-refractivity contribution in [1.82, 2.24) is 15.0 Å². The molecule has 8 nitrogen and oxygen atoms in total. The number of amides is 1. The first kappa shape index (κ1) is 17.5. The molecule has 0 radical (unpaired) electrons. The van der Waals surface area contributed by atoms with Crippen molar-refractivity contribution in [3.05, 3.63) is 48.0 Å². The molecule has 2 aromatic rings. The molecule has 8 heteroatoms. The number of aromatic amines is 1. The molecule has 1 aromatic heterocycles. The van der Waals surface area contributed by atoms with Crippen LogP contribution in [-0.2, 0) is 22.4 Å². The van der Waals surface area contributed by atoms with Gasteiger partial charge < -0.3 is 15.2 Å². The lowest BCUT2D eigenvalue weighted by atomic mass is 10.1. The smallest absolute Gasteiger partial charge is 0.328 e. The molecular formula is C16H20N4O4. The molecule has 2 rings (SSSR count). The highest BCUT2D eigenvalue weighted by Gasteiger charge is 2.28. The zero-order valence-electron chi connectivity index (χ0n) is 13.1. The lowest BCUT2D eigenvalue weighted by Crippen LogP contribution is -2.50. The molecule has 0 aliphatic rings. The molecule has 128 valence electrons. The second-order valence-corrected chi connectivity index (χ2v) is 5.44. The fraction of sp³-hybridized carbons (Fsp3) is 0.312. The molecule has 0 saturated carbocycles. The summed E-state index contributed by atoms with van der Waals surface area (Å²) in [5, 5.41) is 19.3. The summed E-state index contributed by atoms with van der Waals surface area (Å²) < 4.78 is 0. The maximum absolute atomic E-state index is 12.1. The van der Waals surface area contributed by atoms with Crippen LogP contribution in [0.5, 0.6) is 5.75 Å². The van der Waals surface area contributed by atoms with Crippen LogP contribution in [0.25, 0.3) is 0 Å². The SMILES string of the molecule is NN(C(=O)CCCc1ccc(O)cc1)[C@H](Cc1c[nH]cn1)C(=O)O. The molecule has 0 unspecified atom stereocenters. The molecule has 0 saturated heterocycles. The Balaban J connectivity index is 1.86. The van der Waals surface area contributed by atoms with Gasteiger partial charge in [-0.25, -0.2) is 15.6 Å². The Labute approximate surface area is 138 Å². The van der Waals surface area contributed by atoms with Crippen LogP contribution in [0, 0.1) is 0 Å². The van der Waals surface area contributed by atoms with Crippen LogP contribution >= 0.6 is 0 Å². The van der Waals surface area contributed by atoms with E-state index in [4.69, 9.17) is 5.84 Å². The minimum atomic E-state index is -1.17. The number of H-pyrrole nitrogens is 1. The quantitative estimate of drug-likeness (QED) is 0.322. The summed E-state index contributed by atoms with van der Waals surface area (Å²) in [7, 11) is 0. The predicted octanol–water partition coefficient (Wildman–Crippen LogP) is 0.836. The number of aliphatic carboxylic acids is 1. The van der Waals surface area contributed by atoms with E-state index in [9.17, 15) is 19.8 Å². The van der Waals surface area contributed by atoms with E-state index in [0.717, 1.165) is 10.6 Å². The lowest BCUT2D eigenvalue weighted by Gasteiger charge is -2.23. The van der Waals surface area contributed by atoms with Crippen LogP contribution in [0.1, 0.15) is 24.1 Å². The van der Waals surface area contributed by atoms with Crippen molar-refractivity contribution in [3.8, 4) is 5.75 Å². The Morgan fingerprint density at radius 1 is 1.29 bits per heavy atom. The number of carboxylic acid groups (broad SMARTS) is 1. The summed E-state index contributed by atoms with van der Waals surface area (Å²) in [6, 6.07) is 5.55. The highest BCUT2D eigenvalue weighted by Crippen LogP contribution is 2.13. The average molecular weight is 332 g/mol. The van der Waals surface area contributed by atoms with E-state index in [2.05, 4.69) is 9.97 Å². The Bertz CT molecular complexity index is 670. The molecule has 0 bridgehead atoms. The Morgan fingerprint density at radius 3 is 2.58 bits per heavy atom. The van der Waals surface area contributed by atoms with Gasteiger partial charge in [-0.3, -0.25) is 9.80 Å². The van der Waals surface area contributed by atoms with Gasteiger partial charge in [-0.05, 0) is 30.5 Å². The Kier molecular flexibility index (Phi) is 5.91. The zero-order chi connectivity index (χ0) is 17.5. The first-order valence-electron chi connectivity index (χ1n) is 7.52. The number of aryl methyl sites for hydroxylation is 1. The minimum absolute atomic E-state index is 0.0407. The topological polar surface area (TPSA) is 133 Å². The number of imidazole rings is 1. The summed E-state index contributed by atoms with van der Waals surface area (Å²) >= 11 is 0. The zero-order valence-corrected chi connectivity index (χ0v) is 13.1. The van der Waals surface area contributed by atoms with Crippen LogP contribution in [0.2, 0.25) is 0 Å². The Hall–Kier alpha value is -2.87. The first-order valence-corrected chi connectivity index (χ1v) is 7.52. The van der Waals surface area contributed by atoms with Crippen LogP contribution < -0.4 is 5.84 Å². The molecule has 1 amide bonds. The van der Waals surface area contributed by atoms with Gasteiger partial charge in [0.25, 0.3) is 0 Å². The van der Waals surface area contributed by atoms with Gasteiger partial charge in [0.1, 0.15) is 5.75 Å². The number of nitrogens with two attached hydrogens (primary N) is 1. The van der Waals surface area contributed by atoms with E-state index >= 15 is 0 Å². The van der Waals surface area contributed by atoms with Gasteiger partial charge in [-0.15, -0.1) is 0 Å².